The Balaban J connectivity index is 1.22. The number of fused-ring (bicyclic) bond motifs is 5. The molecule has 8 rings (SSSR count). The van der Waals surface area contributed by atoms with Gasteiger partial charge in [0.15, 0.2) is 11.5 Å². The van der Waals surface area contributed by atoms with E-state index in [9.17, 15) is 24.3 Å². The van der Waals surface area contributed by atoms with Gasteiger partial charge in [-0.1, -0.05) is 48.4 Å². The molecular weight excluding hydrogens is 700 g/mol. The molecule has 2 saturated heterocycles. The summed E-state index contributed by atoms with van der Waals surface area (Å²) in [5.74, 6) is -3.08. The Bertz CT molecular complexity index is 2270. The second kappa shape index (κ2) is 12.4. The number of hydrogen-bond donors (Lipinski definition) is 1. The molecule has 0 unspecified atom stereocenters. The van der Waals surface area contributed by atoms with E-state index in [4.69, 9.17) is 21.4 Å². The molecule has 268 valence electrons. The number of imide groups is 2. The van der Waals surface area contributed by atoms with E-state index in [1.165, 1.54) is 16.9 Å². The molecule has 0 spiro atoms. The fourth-order valence-corrected chi connectivity index (χ4v) is 10.5. The van der Waals surface area contributed by atoms with Gasteiger partial charge in [0.05, 0.1) is 35.2 Å². The number of carbonyl (C=O) groups is 4. The zero-order valence-corrected chi connectivity index (χ0v) is 31.1. The third-order valence-corrected chi connectivity index (χ3v) is 13.3. The topological polar surface area (TPSA) is 122 Å². The number of rotatable bonds is 7. The number of thiophene rings is 1. The Morgan fingerprint density at radius 1 is 1.08 bits per heavy atom. The number of aromatic hydroxyl groups is 1. The molecule has 6 atom stereocenters. The molecular formula is C40H39ClN4O6S. The molecule has 0 bridgehead atoms. The molecule has 4 aliphatic rings. The largest absolute Gasteiger partial charge is 0.504 e. The first-order valence-electron chi connectivity index (χ1n) is 17.6. The molecule has 2 aromatic carbocycles. The van der Waals surface area contributed by atoms with Crippen LogP contribution < -0.4 is 9.64 Å². The predicted molar refractivity (Wildman–Crippen MR) is 200 cm³/mol. The van der Waals surface area contributed by atoms with Gasteiger partial charge in [-0.05, 0) is 85.9 Å². The summed E-state index contributed by atoms with van der Waals surface area (Å²) in [6.07, 6.45) is 7.19. The molecule has 52 heavy (non-hydrogen) atoms. The lowest BCUT2D eigenvalue weighted by atomic mass is 9.52. The van der Waals surface area contributed by atoms with Crippen LogP contribution in [0.5, 0.6) is 11.5 Å². The second-order valence-corrected chi connectivity index (χ2v) is 16.0. The number of methoxy groups -OCH3 is 1. The van der Waals surface area contributed by atoms with Gasteiger partial charge >= 0.3 is 0 Å². The minimum atomic E-state index is -1.19. The number of phenolic OH excluding ortho intramolecular Hbond substituents is 1. The number of hydrogen-bond acceptors (Lipinski definition) is 8. The van der Waals surface area contributed by atoms with Crippen molar-refractivity contribution in [2.75, 3.05) is 18.6 Å². The Hall–Kier alpha value is -4.74. The van der Waals surface area contributed by atoms with Gasteiger partial charge in [0.25, 0.3) is 0 Å². The van der Waals surface area contributed by atoms with E-state index >= 15 is 0 Å². The summed E-state index contributed by atoms with van der Waals surface area (Å²) >= 11 is 7.89. The highest BCUT2D eigenvalue weighted by molar-refractivity contribution is 7.22. The van der Waals surface area contributed by atoms with Crippen LogP contribution in [0.4, 0.5) is 5.82 Å². The van der Waals surface area contributed by atoms with E-state index in [-0.39, 0.29) is 41.7 Å². The molecule has 4 heterocycles. The third-order valence-electron chi connectivity index (χ3n) is 11.8. The minimum Gasteiger partial charge on any atom is -0.504 e. The number of anilines is 1. The van der Waals surface area contributed by atoms with Crippen LogP contribution in [0.2, 0.25) is 5.02 Å². The summed E-state index contributed by atoms with van der Waals surface area (Å²) in [5, 5.41) is 16.7. The van der Waals surface area contributed by atoms with Gasteiger partial charge in [-0.2, -0.15) is 5.10 Å². The van der Waals surface area contributed by atoms with Gasteiger partial charge < -0.3 is 9.84 Å². The highest BCUT2D eigenvalue weighted by atomic mass is 35.5. The Morgan fingerprint density at radius 3 is 2.62 bits per heavy atom. The lowest BCUT2D eigenvalue weighted by molar-refractivity contribution is -0.140. The van der Waals surface area contributed by atoms with Crippen LogP contribution >= 0.6 is 22.9 Å². The summed E-state index contributed by atoms with van der Waals surface area (Å²) in [6, 6.07) is 12.6. The van der Waals surface area contributed by atoms with Crippen molar-refractivity contribution in [3.63, 3.8) is 0 Å². The maximum absolute atomic E-state index is 14.9. The number of carbonyl (C=O) groups excluding carboxylic acids is 4. The fraction of sp³-hybridized carbons (Fsp3) is 0.375. The van der Waals surface area contributed by atoms with E-state index in [0.717, 1.165) is 31.7 Å². The van der Waals surface area contributed by atoms with Crippen LogP contribution in [0.3, 0.4) is 0 Å². The average Bonchev–Trinajstić information content (AvgIpc) is 3.79. The Kier molecular flexibility index (Phi) is 8.22. The highest BCUT2D eigenvalue weighted by Gasteiger charge is 2.67. The lowest BCUT2D eigenvalue weighted by Gasteiger charge is -2.47. The molecule has 0 radical (unpaired) electrons. The third kappa shape index (κ3) is 4.92. The molecule has 2 aliphatic carbocycles. The van der Waals surface area contributed by atoms with Crippen LogP contribution in [0.15, 0.2) is 60.2 Å². The maximum Gasteiger partial charge on any atom is 0.242 e. The Labute approximate surface area is 310 Å². The molecule has 3 fully saturated rings. The van der Waals surface area contributed by atoms with Crippen LogP contribution in [0, 0.1) is 41.9 Å². The van der Waals surface area contributed by atoms with E-state index in [2.05, 4.69) is 0 Å². The average molecular weight is 739 g/mol. The molecule has 4 amide bonds. The number of nitrogens with zero attached hydrogens (tertiary/aromatic N) is 4. The fourth-order valence-electron chi connectivity index (χ4n) is 9.17. The number of amides is 4. The standard InChI is InChI=1S/C40H39ClN4O6S/c1-6-15-44-36(47)24-11-10-23-26(34(24)38(44)49)18-28-37(48)45(39(50)40(28,3)27(23)12-7-21-8-13-30(46)31(16-21)51-5)33-19-29(42-43(33)4)35-20(2)25-17-22(41)9-14-32(25)52-35/h7-10,12-14,16-17,19,24,26-28,34,46H,6,11,15,18H2,1-5H3/t24-,26+,27-,28-,34-,40-/m0/s1. The van der Waals surface area contributed by atoms with E-state index in [1.807, 2.05) is 57.2 Å². The van der Waals surface area contributed by atoms with Gasteiger partial charge in [0.1, 0.15) is 11.5 Å². The molecule has 2 aliphatic heterocycles. The van der Waals surface area contributed by atoms with Gasteiger partial charge in [0.2, 0.25) is 23.6 Å². The number of aromatic nitrogens is 2. The number of allylic oxidation sites excluding steroid dienone is 3. The van der Waals surface area contributed by atoms with Gasteiger partial charge in [-0.25, -0.2) is 4.90 Å². The molecule has 1 saturated carbocycles. The summed E-state index contributed by atoms with van der Waals surface area (Å²) in [6.45, 7) is 6.17. The van der Waals surface area contributed by atoms with Crippen molar-refractivity contribution in [3.8, 4) is 22.1 Å². The first kappa shape index (κ1) is 34.4. The summed E-state index contributed by atoms with van der Waals surface area (Å²) in [7, 11) is 3.21. The molecule has 2 aromatic heterocycles. The molecule has 10 nitrogen and oxygen atoms in total. The van der Waals surface area contributed by atoms with Crippen LogP contribution in [-0.2, 0) is 26.2 Å². The van der Waals surface area contributed by atoms with Gasteiger partial charge in [-0.15, -0.1) is 11.3 Å². The summed E-state index contributed by atoms with van der Waals surface area (Å²) in [4.78, 5) is 60.7. The SMILES string of the molecule is CCCN1C(=O)[C@H]2[C@H](CC=C3[C@H]2C[C@H]2C(=O)N(c4cc(-c5sc6ccc(Cl)cc6c5C)nn4C)C(=O)[C@@]2(C)[C@H]3C=Cc2ccc(O)c(OC)c2)C1=O. The number of halogens is 1. The normalized spacial score (nSPS) is 27.1. The molecule has 12 heteroatoms. The first-order valence-corrected chi connectivity index (χ1v) is 18.8. The van der Waals surface area contributed by atoms with Crippen LogP contribution in [0.25, 0.3) is 26.7 Å². The summed E-state index contributed by atoms with van der Waals surface area (Å²) < 4.78 is 7.97. The Morgan fingerprint density at radius 2 is 1.87 bits per heavy atom. The lowest BCUT2D eigenvalue weighted by Crippen LogP contribution is -2.49. The van der Waals surface area contributed by atoms with E-state index in [1.54, 1.807) is 47.3 Å². The van der Waals surface area contributed by atoms with Gasteiger partial charge in [-0.3, -0.25) is 28.8 Å². The first-order chi connectivity index (χ1) is 24.9. The number of phenols is 1. The maximum atomic E-state index is 14.9. The highest BCUT2D eigenvalue weighted by Crippen LogP contribution is 2.61. The second-order valence-electron chi connectivity index (χ2n) is 14.5. The van der Waals surface area contributed by atoms with Crippen molar-refractivity contribution in [1.82, 2.24) is 14.7 Å². The van der Waals surface area contributed by atoms with Crippen molar-refractivity contribution in [2.24, 2.45) is 42.1 Å². The van der Waals surface area contributed by atoms with Crippen molar-refractivity contribution in [3.05, 3.63) is 76.3 Å². The summed E-state index contributed by atoms with van der Waals surface area (Å²) in [5.41, 5.74) is 2.12. The zero-order chi connectivity index (χ0) is 36.8. The van der Waals surface area contributed by atoms with Crippen molar-refractivity contribution in [1.29, 1.82) is 0 Å². The number of benzene rings is 2. The monoisotopic (exact) mass is 738 g/mol. The zero-order valence-electron chi connectivity index (χ0n) is 29.6. The minimum absolute atomic E-state index is 0.00359. The van der Waals surface area contributed by atoms with Crippen molar-refractivity contribution < 1.29 is 29.0 Å². The van der Waals surface area contributed by atoms with Gasteiger partial charge in [0, 0.05) is 35.3 Å². The number of aryl methyl sites for hydroxylation is 2. The van der Waals surface area contributed by atoms with Crippen molar-refractivity contribution in [2.45, 2.75) is 40.0 Å². The number of likely N-dealkylation sites (tertiary alicyclic amines) is 1. The van der Waals surface area contributed by atoms with Crippen LogP contribution in [0.1, 0.15) is 44.2 Å². The smallest absolute Gasteiger partial charge is 0.242 e. The molecule has 4 aromatic rings. The number of ether oxygens (including phenoxy) is 1. The van der Waals surface area contributed by atoms with Crippen LogP contribution in [-0.4, -0.2) is 57.1 Å². The predicted octanol–water partition coefficient (Wildman–Crippen LogP) is 7.16. The van der Waals surface area contributed by atoms with Crippen molar-refractivity contribution >= 4 is 68.5 Å². The quantitative estimate of drug-likeness (QED) is 0.158. The molecule has 1 N–H and O–H groups in total. The van der Waals surface area contributed by atoms with E-state index < -0.39 is 29.1 Å². The van der Waals surface area contributed by atoms with E-state index in [0.29, 0.717) is 41.7 Å².